The van der Waals surface area contributed by atoms with Gasteiger partial charge in [0.2, 0.25) is 0 Å². The van der Waals surface area contributed by atoms with Gasteiger partial charge in [-0.15, -0.1) is 0 Å². The molecular formula is C44H40N6O6. The third kappa shape index (κ3) is 7.79. The number of aliphatic hydroxyl groups is 2. The molecule has 5 aromatic carbocycles. The zero-order valence-corrected chi connectivity index (χ0v) is 30.4. The van der Waals surface area contributed by atoms with E-state index >= 15 is 4.79 Å². The lowest BCUT2D eigenvalue weighted by Gasteiger charge is -2.36. The molecule has 0 unspecified atom stereocenters. The summed E-state index contributed by atoms with van der Waals surface area (Å²) < 4.78 is 6.18. The maximum Gasteiger partial charge on any atom is 0.321 e. The van der Waals surface area contributed by atoms with Crippen molar-refractivity contribution in [2.45, 2.75) is 56.8 Å². The van der Waals surface area contributed by atoms with E-state index in [1.807, 2.05) is 109 Å². The fraction of sp³-hybridized carbons (Fsp3) is 0.205. The van der Waals surface area contributed by atoms with Gasteiger partial charge < -0.3 is 24.7 Å². The van der Waals surface area contributed by atoms with Crippen molar-refractivity contribution in [3.05, 3.63) is 178 Å². The standard InChI is InChI=1S/C44H40N6O6/c51-42-40(23-29-9-3-1-4-10-29)48(26-31-13-7-15-34(21-31)50(54)55)44(53)49(41(43(42)52)24-30-11-5-2-6-12-30)27-32-16-18-38-36(22-32)39(47-46-38)28-56-35-17-19-37-33(25-35)14-8-20-45-37/h1-22,25,40-43,51-52H,23-24,26-28H2,(H,46,47)/t40-,41-,42+,43+/m1/s1. The molecule has 3 heterocycles. The highest BCUT2D eigenvalue weighted by molar-refractivity contribution is 5.83. The summed E-state index contributed by atoms with van der Waals surface area (Å²) in [5.74, 6) is 0.685. The predicted molar refractivity (Wildman–Crippen MR) is 212 cm³/mol. The number of H-pyrrole nitrogens is 1. The molecule has 3 N–H and O–H groups in total. The number of benzene rings is 5. The molecule has 56 heavy (non-hydrogen) atoms. The number of carbonyl (C=O) groups excluding carboxylic acids is 1. The van der Waals surface area contributed by atoms with Gasteiger partial charge in [0, 0.05) is 42.2 Å². The van der Waals surface area contributed by atoms with Crippen molar-refractivity contribution < 1.29 is 24.7 Å². The Morgan fingerprint density at radius 1 is 0.696 bits per heavy atom. The van der Waals surface area contributed by atoms with Crippen molar-refractivity contribution in [1.82, 2.24) is 25.0 Å². The zero-order chi connectivity index (χ0) is 38.6. The molecule has 1 aliphatic rings. The summed E-state index contributed by atoms with van der Waals surface area (Å²) in [7, 11) is 0. The Kier molecular flexibility index (Phi) is 10.4. The van der Waals surface area contributed by atoms with Crippen LogP contribution < -0.4 is 4.74 Å². The molecule has 0 bridgehead atoms. The number of fused-ring (bicyclic) bond motifs is 2. The number of ether oxygens (including phenoxy) is 1. The first kappa shape index (κ1) is 36.4. The maximum absolute atomic E-state index is 15.2. The Labute approximate surface area is 322 Å². The number of amides is 2. The number of aliphatic hydroxyl groups excluding tert-OH is 2. The van der Waals surface area contributed by atoms with Crippen molar-refractivity contribution in [3.8, 4) is 5.75 Å². The van der Waals surface area contributed by atoms with Crippen molar-refractivity contribution >= 4 is 33.5 Å². The summed E-state index contributed by atoms with van der Waals surface area (Å²) in [5.41, 5.74) is 5.32. The van der Waals surface area contributed by atoms with Gasteiger partial charge in [0.05, 0.1) is 33.7 Å². The first-order valence-corrected chi connectivity index (χ1v) is 18.5. The van der Waals surface area contributed by atoms with Gasteiger partial charge in [0.15, 0.2) is 0 Å². The number of urea groups is 1. The fourth-order valence-corrected chi connectivity index (χ4v) is 7.59. The minimum Gasteiger partial charge on any atom is -0.487 e. The number of nitro groups is 1. The number of aromatic nitrogens is 3. The number of non-ortho nitro benzene ring substituents is 1. The van der Waals surface area contributed by atoms with Crippen molar-refractivity contribution in [3.63, 3.8) is 0 Å². The lowest BCUT2D eigenvalue weighted by molar-refractivity contribution is -0.384. The average molecular weight is 749 g/mol. The van der Waals surface area contributed by atoms with Crippen LogP contribution in [0.15, 0.2) is 140 Å². The number of hydrogen-bond donors (Lipinski definition) is 3. The maximum atomic E-state index is 15.2. The Balaban J connectivity index is 1.15. The smallest absolute Gasteiger partial charge is 0.321 e. The minimum absolute atomic E-state index is 0.0244. The largest absolute Gasteiger partial charge is 0.487 e. The molecule has 1 saturated heterocycles. The van der Waals surface area contributed by atoms with Gasteiger partial charge in [0.25, 0.3) is 5.69 Å². The second kappa shape index (κ2) is 16.0. The van der Waals surface area contributed by atoms with Crippen LogP contribution in [0.4, 0.5) is 10.5 Å². The highest BCUT2D eigenvalue weighted by Crippen LogP contribution is 2.31. The van der Waals surface area contributed by atoms with E-state index in [4.69, 9.17) is 4.74 Å². The molecule has 282 valence electrons. The molecular weight excluding hydrogens is 709 g/mol. The topological polar surface area (TPSA) is 158 Å². The Hall–Kier alpha value is -6.63. The van der Waals surface area contributed by atoms with Crippen LogP contribution in [0, 0.1) is 10.1 Å². The summed E-state index contributed by atoms with van der Waals surface area (Å²) >= 11 is 0. The summed E-state index contributed by atoms with van der Waals surface area (Å²) in [5, 5.41) is 45.3. The molecule has 1 aliphatic heterocycles. The van der Waals surface area contributed by atoms with Crippen LogP contribution in [-0.4, -0.2) is 70.4 Å². The van der Waals surface area contributed by atoms with Crippen LogP contribution in [0.2, 0.25) is 0 Å². The second-order valence-corrected chi connectivity index (χ2v) is 14.2. The molecule has 4 atom stereocenters. The van der Waals surface area contributed by atoms with E-state index < -0.39 is 35.2 Å². The van der Waals surface area contributed by atoms with Gasteiger partial charge in [0.1, 0.15) is 24.6 Å². The number of nitrogens with one attached hydrogen (secondary N) is 1. The summed E-state index contributed by atoms with van der Waals surface area (Å²) in [6, 6.07) is 38.5. The Morgan fingerprint density at radius 2 is 1.32 bits per heavy atom. The second-order valence-electron chi connectivity index (χ2n) is 14.2. The normalized spacial score (nSPS) is 18.6. The fourth-order valence-electron chi connectivity index (χ4n) is 7.59. The molecule has 0 aliphatic carbocycles. The van der Waals surface area contributed by atoms with Crippen LogP contribution >= 0.6 is 0 Å². The van der Waals surface area contributed by atoms with Crippen LogP contribution in [0.3, 0.4) is 0 Å². The number of pyridine rings is 1. The van der Waals surface area contributed by atoms with Crippen LogP contribution in [0.1, 0.15) is 27.9 Å². The van der Waals surface area contributed by atoms with Gasteiger partial charge >= 0.3 is 6.03 Å². The van der Waals surface area contributed by atoms with Gasteiger partial charge in [-0.3, -0.25) is 20.2 Å². The lowest BCUT2D eigenvalue weighted by atomic mass is 9.91. The molecule has 2 amide bonds. The monoisotopic (exact) mass is 748 g/mol. The van der Waals surface area contributed by atoms with Gasteiger partial charge in [-0.1, -0.05) is 84.9 Å². The van der Waals surface area contributed by atoms with E-state index in [1.54, 1.807) is 28.1 Å². The molecule has 8 rings (SSSR count). The van der Waals surface area contributed by atoms with E-state index in [9.17, 15) is 20.3 Å². The minimum atomic E-state index is -1.34. The SMILES string of the molecule is O=C1N(Cc2cccc([N+](=O)[O-])c2)[C@H](Cc2ccccc2)[C@H](O)[C@@H](O)[C@@H](Cc2ccccc2)N1Cc1ccc2n[nH]c(COc3ccc4ncccc4c3)c2c1. The number of nitro benzene ring substituents is 1. The third-order valence-corrected chi connectivity index (χ3v) is 10.5. The number of nitrogens with zero attached hydrogens (tertiary/aromatic N) is 5. The zero-order valence-electron chi connectivity index (χ0n) is 30.4. The molecule has 0 saturated carbocycles. The van der Waals surface area contributed by atoms with E-state index in [2.05, 4.69) is 15.2 Å². The van der Waals surface area contributed by atoms with E-state index in [0.717, 1.165) is 44.2 Å². The summed E-state index contributed by atoms with van der Waals surface area (Å²) in [6.45, 7) is 0.292. The molecule has 12 heteroatoms. The number of rotatable bonds is 12. The third-order valence-electron chi connectivity index (χ3n) is 10.5. The predicted octanol–water partition coefficient (Wildman–Crippen LogP) is 6.98. The van der Waals surface area contributed by atoms with Crippen LogP contribution in [-0.2, 0) is 32.5 Å². The highest BCUT2D eigenvalue weighted by atomic mass is 16.6. The molecule has 12 nitrogen and oxygen atoms in total. The molecule has 2 aromatic heterocycles. The highest BCUT2D eigenvalue weighted by Gasteiger charge is 2.46. The quantitative estimate of drug-likeness (QED) is 0.0893. The summed E-state index contributed by atoms with van der Waals surface area (Å²) in [4.78, 5) is 34.0. The average Bonchev–Trinajstić information content (AvgIpc) is 3.62. The number of hydrogen-bond acceptors (Lipinski definition) is 8. The summed E-state index contributed by atoms with van der Waals surface area (Å²) in [6.07, 6.45) is -0.392. The molecule has 7 aromatic rings. The lowest BCUT2D eigenvalue weighted by Crippen LogP contribution is -2.50. The van der Waals surface area contributed by atoms with Crippen molar-refractivity contribution in [1.29, 1.82) is 0 Å². The van der Waals surface area contributed by atoms with Gasteiger partial charge in [-0.25, -0.2) is 4.79 Å². The first-order chi connectivity index (χ1) is 27.3. The van der Waals surface area contributed by atoms with Gasteiger partial charge in [-0.05, 0) is 71.5 Å². The Morgan fingerprint density at radius 3 is 1.98 bits per heavy atom. The molecule has 0 spiro atoms. The molecule has 0 radical (unpaired) electrons. The first-order valence-electron chi connectivity index (χ1n) is 18.5. The van der Waals surface area contributed by atoms with Gasteiger partial charge in [-0.2, -0.15) is 5.10 Å². The van der Waals surface area contributed by atoms with Crippen LogP contribution in [0.25, 0.3) is 21.8 Å². The van der Waals surface area contributed by atoms with Crippen LogP contribution in [0.5, 0.6) is 5.75 Å². The Bertz CT molecular complexity index is 2480. The number of aromatic amines is 1. The molecule has 1 fully saturated rings. The van der Waals surface area contributed by atoms with E-state index in [0.29, 0.717) is 11.3 Å². The van der Waals surface area contributed by atoms with E-state index in [1.165, 1.54) is 12.1 Å². The number of carbonyl (C=O) groups is 1. The van der Waals surface area contributed by atoms with Crippen molar-refractivity contribution in [2.24, 2.45) is 0 Å². The van der Waals surface area contributed by atoms with E-state index in [-0.39, 0.29) is 38.2 Å². The van der Waals surface area contributed by atoms with Crippen molar-refractivity contribution in [2.75, 3.05) is 0 Å².